The molecule has 0 saturated carbocycles. The van der Waals surface area contributed by atoms with E-state index in [1.807, 2.05) is 9.80 Å². The maximum atomic E-state index is 15.4. The van der Waals surface area contributed by atoms with Gasteiger partial charge in [0.15, 0.2) is 0 Å². The number of fused-ring (bicyclic) bond motifs is 1. The fourth-order valence-electron chi connectivity index (χ4n) is 4.80. The minimum atomic E-state index is -1.45. The third-order valence-electron chi connectivity index (χ3n) is 6.86. The number of hydrogen-bond acceptors (Lipinski definition) is 6. The van der Waals surface area contributed by atoms with Crippen molar-refractivity contribution in [2.45, 2.75) is 0 Å². The molecule has 3 aromatic carbocycles. The van der Waals surface area contributed by atoms with Gasteiger partial charge in [0.05, 0.1) is 16.2 Å². The first kappa shape index (κ1) is 27.6. The molecule has 1 fully saturated rings. The molecule has 2 N–H and O–H groups in total. The molecule has 1 aromatic heterocycles. The molecule has 12 heteroatoms. The highest BCUT2D eigenvalue weighted by atomic mass is 35.5. The van der Waals surface area contributed by atoms with Crippen LogP contribution in [0.15, 0.2) is 70.7 Å². The van der Waals surface area contributed by atoms with Gasteiger partial charge in [-0.05, 0) is 54.6 Å². The third-order valence-corrected chi connectivity index (χ3v) is 7.40. The van der Waals surface area contributed by atoms with E-state index < -0.39 is 28.6 Å². The van der Waals surface area contributed by atoms with Crippen molar-refractivity contribution in [2.75, 3.05) is 37.6 Å². The first-order valence-electron chi connectivity index (χ1n) is 12.2. The Balaban J connectivity index is 1.44. The van der Waals surface area contributed by atoms with E-state index in [2.05, 4.69) is 5.16 Å². The summed E-state index contributed by atoms with van der Waals surface area (Å²) >= 11 is 12.2. The molecule has 8 nitrogen and oxygen atoms in total. The highest BCUT2D eigenvalue weighted by Gasteiger charge is 2.24. The molecule has 0 unspecified atom stereocenters. The van der Waals surface area contributed by atoms with Crippen LogP contribution >= 0.6 is 23.2 Å². The number of carboxylic acid groups (broad SMARTS) is 1. The molecule has 2 heterocycles. The van der Waals surface area contributed by atoms with Crippen LogP contribution in [0, 0.1) is 11.6 Å². The summed E-state index contributed by atoms with van der Waals surface area (Å²) in [5, 5.41) is 23.3. The lowest BCUT2D eigenvalue weighted by Gasteiger charge is -2.36. The topological polar surface area (TPSA) is 98.4 Å². The predicted molar refractivity (Wildman–Crippen MR) is 150 cm³/mol. The van der Waals surface area contributed by atoms with Crippen molar-refractivity contribution < 1.29 is 23.9 Å². The van der Waals surface area contributed by atoms with Crippen molar-refractivity contribution in [3.8, 4) is 5.69 Å². The number of rotatable bonds is 6. The molecule has 0 aliphatic carbocycles. The van der Waals surface area contributed by atoms with Gasteiger partial charge in [0.1, 0.15) is 22.9 Å². The monoisotopic (exact) mass is 586 g/mol. The number of aromatic carboxylic acids is 1. The number of nitrogens with zero attached hydrogens (tertiary/aromatic N) is 4. The summed E-state index contributed by atoms with van der Waals surface area (Å²) in [5.41, 5.74) is 0.510. The van der Waals surface area contributed by atoms with Gasteiger partial charge in [0, 0.05) is 60.6 Å². The van der Waals surface area contributed by atoms with Crippen LogP contribution in [0.4, 0.5) is 14.5 Å². The normalized spacial score (nSPS) is 14.6. The molecular weight excluding hydrogens is 565 g/mol. The number of halogens is 4. The molecule has 5 rings (SSSR count). The Morgan fingerprint density at radius 2 is 1.65 bits per heavy atom. The second-order valence-electron chi connectivity index (χ2n) is 9.28. The largest absolute Gasteiger partial charge is 0.477 e. The van der Waals surface area contributed by atoms with E-state index in [9.17, 15) is 24.3 Å². The highest BCUT2D eigenvalue weighted by molar-refractivity contribution is 6.37. The van der Waals surface area contributed by atoms with Gasteiger partial charge in [0.2, 0.25) is 5.43 Å². The summed E-state index contributed by atoms with van der Waals surface area (Å²) < 4.78 is 30.4. The second-order valence-corrected chi connectivity index (χ2v) is 10.1. The van der Waals surface area contributed by atoms with Crippen LogP contribution in [-0.4, -0.2) is 64.2 Å². The summed E-state index contributed by atoms with van der Waals surface area (Å²) in [4.78, 5) is 28.5. The summed E-state index contributed by atoms with van der Waals surface area (Å²) in [6, 6.07) is 12.8. The average Bonchev–Trinajstić information content (AvgIpc) is 2.93. The number of anilines is 1. The molecule has 1 saturated heterocycles. The number of aromatic nitrogens is 1. The zero-order chi connectivity index (χ0) is 28.6. The van der Waals surface area contributed by atoms with E-state index in [1.165, 1.54) is 34.9 Å². The number of carboxylic acids is 1. The lowest BCUT2D eigenvalue weighted by molar-refractivity contribution is 0.0695. The average molecular weight is 587 g/mol. The molecule has 4 aromatic rings. The first-order valence-corrected chi connectivity index (χ1v) is 12.9. The van der Waals surface area contributed by atoms with Crippen molar-refractivity contribution in [1.82, 2.24) is 9.47 Å². The lowest BCUT2D eigenvalue weighted by atomic mass is 10.1. The highest BCUT2D eigenvalue weighted by Crippen LogP contribution is 2.28. The van der Waals surface area contributed by atoms with Crippen LogP contribution in [0.25, 0.3) is 16.6 Å². The van der Waals surface area contributed by atoms with Gasteiger partial charge >= 0.3 is 5.97 Å². The summed E-state index contributed by atoms with van der Waals surface area (Å²) in [6.45, 7) is 2.15. The molecular formula is C28H22Cl2F2N4O4. The molecule has 0 bridgehead atoms. The molecule has 1 aliphatic heterocycles. The Bertz CT molecular complexity index is 1700. The zero-order valence-electron chi connectivity index (χ0n) is 20.8. The smallest absolute Gasteiger partial charge is 0.341 e. The van der Waals surface area contributed by atoms with Crippen LogP contribution in [0.5, 0.6) is 0 Å². The number of piperazine rings is 1. The second kappa shape index (κ2) is 11.2. The van der Waals surface area contributed by atoms with Gasteiger partial charge in [-0.1, -0.05) is 28.4 Å². The first-order chi connectivity index (χ1) is 19.2. The molecule has 0 radical (unpaired) electrons. The van der Waals surface area contributed by atoms with Crippen molar-refractivity contribution in [1.29, 1.82) is 0 Å². The number of carbonyl (C=O) groups is 1. The predicted octanol–water partition coefficient (Wildman–Crippen LogP) is 5.27. The van der Waals surface area contributed by atoms with Crippen molar-refractivity contribution in [3.63, 3.8) is 0 Å². The van der Waals surface area contributed by atoms with Crippen LogP contribution in [-0.2, 0) is 0 Å². The zero-order valence-corrected chi connectivity index (χ0v) is 22.3. The Hall–Kier alpha value is -3.99. The van der Waals surface area contributed by atoms with E-state index >= 15 is 4.39 Å². The van der Waals surface area contributed by atoms with Gasteiger partial charge < -0.3 is 19.8 Å². The van der Waals surface area contributed by atoms with E-state index in [-0.39, 0.29) is 16.6 Å². The molecule has 1 aliphatic rings. The van der Waals surface area contributed by atoms with Gasteiger partial charge in [0.25, 0.3) is 0 Å². The molecule has 0 spiro atoms. The van der Waals surface area contributed by atoms with Crippen molar-refractivity contribution >= 4 is 51.5 Å². The van der Waals surface area contributed by atoms with E-state index in [0.29, 0.717) is 59.7 Å². The standard InChI is InChI=1S/C28H22Cl2F2N4O4/c29-16-1-6-19(22(30)11-16)24(33-40)15-34-7-9-35(10-8-34)26-13-25-20(12-23(26)32)27(37)21(28(38)39)14-36(25)18-4-2-17(31)3-5-18/h1-6,11-14,40H,7-10,15H2,(H,38,39). The maximum absolute atomic E-state index is 15.4. The van der Waals surface area contributed by atoms with E-state index in [1.54, 1.807) is 18.2 Å². The summed E-state index contributed by atoms with van der Waals surface area (Å²) in [5.74, 6) is -2.60. The fraction of sp³-hybridized carbons (Fsp3) is 0.179. The molecule has 206 valence electrons. The van der Waals surface area contributed by atoms with Crippen LogP contribution < -0.4 is 10.3 Å². The summed E-state index contributed by atoms with van der Waals surface area (Å²) in [7, 11) is 0. The lowest BCUT2D eigenvalue weighted by Crippen LogP contribution is -2.48. The third kappa shape index (κ3) is 5.38. The summed E-state index contributed by atoms with van der Waals surface area (Å²) in [6.07, 6.45) is 1.16. The Kier molecular flexibility index (Phi) is 7.75. The Morgan fingerprint density at radius 3 is 2.27 bits per heavy atom. The number of benzene rings is 3. The van der Waals surface area contributed by atoms with Crippen molar-refractivity contribution in [2.24, 2.45) is 5.16 Å². The maximum Gasteiger partial charge on any atom is 0.341 e. The molecule has 0 atom stereocenters. The van der Waals surface area contributed by atoms with Crippen molar-refractivity contribution in [3.05, 3.63) is 104 Å². The number of pyridine rings is 1. The van der Waals surface area contributed by atoms with E-state index in [0.717, 1.165) is 12.3 Å². The van der Waals surface area contributed by atoms with Gasteiger partial charge in [-0.25, -0.2) is 13.6 Å². The van der Waals surface area contributed by atoms with Gasteiger partial charge in [-0.15, -0.1) is 0 Å². The number of oxime groups is 1. The Morgan fingerprint density at radius 1 is 0.950 bits per heavy atom. The number of hydrogen-bond donors (Lipinski definition) is 2. The molecule has 0 amide bonds. The quantitative estimate of drug-likeness (QED) is 0.181. The minimum Gasteiger partial charge on any atom is -0.477 e. The minimum absolute atomic E-state index is 0.104. The van der Waals surface area contributed by atoms with E-state index in [4.69, 9.17) is 23.2 Å². The van der Waals surface area contributed by atoms with Crippen LogP contribution in [0.3, 0.4) is 0 Å². The van der Waals surface area contributed by atoms with Gasteiger partial charge in [-0.3, -0.25) is 9.69 Å². The van der Waals surface area contributed by atoms with Crippen LogP contribution in [0.2, 0.25) is 10.0 Å². The fourth-order valence-corrected chi connectivity index (χ4v) is 5.31. The van der Waals surface area contributed by atoms with Crippen LogP contribution in [0.1, 0.15) is 15.9 Å². The van der Waals surface area contributed by atoms with Gasteiger partial charge in [-0.2, -0.15) is 0 Å². The molecule has 40 heavy (non-hydrogen) atoms. The Labute approximate surface area is 236 Å². The SMILES string of the molecule is O=C(O)c1cn(-c2ccc(F)cc2)c2cc(N3CCN(CC(=NO)c4ccc(Cl)cc4Cl)CC3)c(F)cc2c1=O.